The van der Waals surface area contributed by atoms with E-state index < -0.39 is 24.0 Å². The first-order valence-corrected chi connectivity index (χ1v) is 5.58. The van der Waals surface area contributed by atoms with E-state index in [0.717, 1.165) is 19.3 Å². The van der Waals surface area contributed by atoms with E-state index in [-0.39, 0.29) is 13.2 Å². The zero-order valence-corrected chi connectivity index (χ0v) is 11.1. The number of nitrogens with zero attached hydrogens (tertiary/aromatic N) is 1. The Labute approximate surface area is 115 Å². The number of hydrogen-bond donors (Lipinski definition) is 0. The number of methoxy groups -OCH3 is 1. The summed E-state index contributed by atoms with van der Waals surface area (Å²) in [6, 6.07) is 0. The Balaban J connectivity index is 4.35. The van der Waals surface area contributed by atoms with Crippen LogP contribution in [0.4, 0.5) is 0 Å². The summed E-state index contributed by atoms with van der Waals surface area (Å²) in [6.07, 6.45) is 3.32. The van der Waals surface area contributed by atoms with Crippen molar-refractivity contribution in [2.24, 2.45) is 5.18 Å². The molecule has 0 heterocycles. The van der Waals surface area contributed by atoms with Crippen LogP contribution in [0.3, 0.4) is 0 Å². The van der Waals surface area contributed by atoms with Gasteiger partial charge in [0, 0.05) is 18.2 Å². The molecule has 20 heavy (non-hydrogen) atoms. The Kier molecular flexibility index (Phi) is 9.11. The van der Waals surface area contributed by atoms with Crippen molar-refractivity contribution in [1.82, 2.24) is 0 Å². The summed E-state index contributed by atoms with van der Waals surface area (Å²) >= 11 is 0. The predicted molar refractivity (Wildman–Crippen MR) is 67.5 cm³/mol. The summed E-state index contributed by atoms with van der Waals surface area (Å²) in [5.41, 5.74) is 0. The van der Waals surface area contributed by atoms with Gasteiger partial charge in [0.2, 0.25) is 0 Å². The Hall–Kier alpha value is -2.51. The van der Waals surface area contributed by atoms with Gasteiger partial charge in [-0.25, -0.2) is 14.4 Å². The number of esters is 3. The fourth-order valence-electron chi connectivity index (χ4n) is 0.974. The number of hydrogen-bond acceptors (Lipinski definition) is 8. The lowest BCUT2D eigenvalue weighted by Crippen LogP contribution is -2.27. The highest BCUT2D eigenvalue weighted by molar-refractivity contribution is 5.91. The molecule has 110 valence electrons. The molecule has 0 saturated carbocycles. The van der Waals surface area contributed by atoms with Crippen LogP contribution in [0.25, 0.3) is 0 Å². The minimum Gasteiger partial charge on any atom is -0.466 e. The minimum atomic E-state index is -1.02. The van der Waals surface area contributed by atoms with Crippen LogP contribution in [0.1, 0.15) is 6.92 Å². The molecule has 0 N–H and O–H groups in total. The summed E-state index contributed by atoms with van der Waals surface area (Å²) in [5, 5.41) is 2.57. The first-order valence-electron chi connectivity index (χ1n) is 5.58. The van der Waals surface area contributed by atoms with Gasteiger partial charge in [-0.2, -0.15) is 4.91 Å². The Morgan fingerprint density at radius 1 is 1.10 bits per heavy atom. The normalized spacial score (nSPS) is 12.1. The zero-order chi connectivity index (χ0) is 15.4. The van der Waals surface area contributed by atoms with Crippen molar-refractivity contribution in [2.45, 2.75) is 13.0 Å². The monoisotopic (exact) mass is 285 g/mol. The zero-order valence-electron chi connectivity index (χ0n) is 11.1. The first kappa shape index (κ1) is 17.5. The van der Waals surface area contributed by atoms with Crippen molar-refractivity contribution >= 4 is 17.9 Å². The largest absolute Gasteiger partial charge is 0.466 e. The molecular formula is C12H15NO7. The van der Waals surface area contributed by atoms with Crippen LogP contribution < -0.4 is 0 Å². The number of rotatable bonds is 8. The Bertz CT molecular complexity index is 414. The van der Waals surface area contributed by atoms with E-state index in [2.05, 4.69) is 9.91 Å². The molecular weight excluding hydrogens is 270 g/mol. The molecule has 0 aliphatic carbocycles. The van der Waals surface area contributed by atoms with E-state index in [1.807, 2.05) is 0 Å². The van der Waals surface area contributed by atoms with Gasteiger partial charge in [-0.15, -0.1) is 0 Å². The lowest BCUT2D eigenvalue weighted by molar-refractivity contribution is -0.152. The molecule has 0 rings (SSSR count). The average Bonchev–Trinajstić information content (AvgIpc) is 2.42. The van der Waals surface area contributed by atoms with Crippen molar-refractivity contribution in [3.05, 3.63) is 29.2 Å². The van der Waals surface area contributed by atoms with Crippen LogP contribution in [0.15, 0.2) is 29.5 Å². The Morgan fingerprint density at radius 2 is 1.75 bits per heavy atom. The molecule has 0 aliphatic rings. The molecule has 0 bridgehead atoms. The standard InChI is InChI=1S/C12H15NO7/c1-3-4-11(15)19-8-9(7-13-17)20-12(16)6-5-10(14)18-2/h3-6,9H,7-8H2,1-2H3/b4-3+,6-5+. The topological polar surface area (TPSA) is 108 Å². The molecule has 0 radical (unpaired) electrons. The molecule has 0 spiro atoms. The SMILES string of the molecule is C/C=C/C(=O)OCC(CN=O)OC(=O)/C=C/C(=O)OC. The lowest BCUT2D eigenvalue weighted by atomic mass is 10.3. The second kappa shape index (κ2) is 10.4. The van der Waals surface area contributed by atoms with Gasteiger partial charge in [0.1, 0.15) is 13.2 Å². The van der Waals surface area contributed by atoms with Gasteiger partial charge < -0.3 is 14.2 Å². The van der Waals surface area contributed by atoms with E-state index in [1.165, 1.54) is 12.2 Å². The van der Waals surface area contributed by atoms with Gasteiger partial charge in [0.25, 0.3) is 0 Å². The van der Waals surface area contributed by atoms with Gasteiger partial charge in [-0.1, -0.05) is 11.3 Å². The Morgan fingerprint density at radius 3 is 2.30 bits per heavy atom. The highest BCUT2D eigenvalue weighted by atomic mass is 16.6. The van der Waals surface area contributed by atoms with Crippen LogP contribution in [-0.4, -0.2) is 44.3 Å². The number of nitroso groups, excluding NO2 is 1. The van der Waals surface area contributed by atoms with Crippen LogP contribution in [0, 0.1) is 4.91 Å². The molecule has 1 atom stereocenters. The molecule has 0 amide bonds. The van der Waals surface area contributed by atoms with E-state index in [4.69, 9.17) is 9.47 Å². The quantitative estimate of drug-likeness (QED) is 0.276. The van der Waals surface area contributed by atoms with Crippen molar-refractivity contribution in [3.63, 3.8) is 0 Å². The van der Waals surface area contributed by atoms with Crippen molar-refractivity contribution < 1.29 is 28.6 Å². The van der Waals surface area contributed by atoms with Gasteiger partial charge in [-0.05, 0) is 6.92 Å². The smallest absolute Gasteiger partial charge is 0.331 e. The third-order valence-corrected chi connectivity index (χ3v) is 1.83. The van der Waals surface area contributed by atoms with Gasteiger partial charge in [-0.3, -0.25) is 0 Å². The maximum Gasteiger partial charge on any atom is 0.331 e. The first-order chi connectivity index (χ1) is 9.53. The molecule has 8 heteroatoms. The fraction of sp³-hybridized carbons (Fsp3) is 0.417. The fourth-order valence-corrected chi connectivity index (χ4v) is 0.974. The van der Waals surface area contributed by atoms with Gasteiger partial charge >= 0.3 is 17.9 Å². The van der Waals surface area contributed by atoms with Crippen molar-refractivity contribution in [3.8, 4) is 0 Å². The summed E-state index contributed by atoms with van der Waals surface area (Å²) in [4.78, 5) is 43.3. The second-order valence-corrected chi connectivity index (χ2v) is 3.36. The van der Waals surface area contributed by atoms with E-state index in [0.29, 0.717) is 0 Å². The van der Waals surface area contributed by atoms with E-state index in [1.54, 1.807) is 6.92 Å². The molecule has 0 aromatic rings. The maximum absolute atomic E-state index is 11.3. The molecule has 0 aromatic heterocycles. The van der Waals surface area contributed by atoms with Crippen LogP contribution >= 0.6 is 0 Å². The van der Waals surface area contributed by atoms with Crippen LogP contribution in [0.5, 0.6) is 0 Å². The molecule has 0 fully saturated rings. The highest BCUT2D eigenvalue weighted by Gasteiger charge is 2.15. The van der Waals surface area contributed by atoms with Crippen molar-refractivity contribution in [1.29, 1.82) is 0 Å². The minimum absolute atomic E-state index is 0.313. The summed E-state index contributed by atoms with van der Waals surface area (Å²) in [7, 11) is 1.15. The number of carbonyl (C=O) groups is 3. The van der Waals surface area contributed by atoms with E-state index >= 15 is 0 Å². The van der Waals surface area contributed by atoms with E-state index in [9.17, 15) is 19.3 Å². The molecule has 0 aromatic carbocycles. The summed E-state index contributed by atoms with van der Waals surface area (Å²) in [6.45, 7) is 0.941. The van der Waals surface area contributed by atoms with Gasteiger partial charge in [0.15, 0.2) is 6.10 Å². The highest BCUT2D eigenvalue weighted by Crippen LogP contribution is 1.98. The predicted octanol–water partition coefficient (Wildman–Crippen LogP) is 0.513. The number of allylic oxidation sites excluding steroid dienone is 1. The average molecular weight is 285 g/mol. The molecule has 1 unspecified atom stereocenters. The van der Waals surface area contributed by atoms with Crippen LogP contribution in [-0.2, 0) is 28.6 Å². The summed E-state index contributed by atoms with van der Waals surface area (Å²) in [5.74, 6) is -2.25. The number of ether oxygens (including phenoxy) is 3. The third-order valence-electron chi connectivity index (χ3n) is 1.83. The van der Waals surface area contributed by atoms with Crippen molar-refractivity contribution in [2.75, 3.05) is 20.3 Å². The maximum atomic E-state index is 11.3. The lowest BCUT2D eigenvalue weighted by Gasteiger charge is -2.13. The number of carbonyl (C=O) groups excluding carboxylic acids is 3. The molecule has 8 nitrogen and oxygen atoms in total. The third kappa shape index (κ3) is 8.56. The summed E-state index contributed by atoms with van der Waals surface area (Å²) < 4.78 is 13.8. The molecule has 0 saturated heterocycles. The van der Waals surface area contributed by atoms with Crippen LogP contribution in [0.2, 0.25) is 0 Å². The second-order valence-electron chi connectivity index (χ2n) is 3.36. The van der Waals surface area contributed by atoms with Gasteiger partial charge in [0.05, 0.1) is 7.11 Å². The molecule has 0 aliphatic heterocycles.